The van der Waals surface area contributed by atoms with Crippen LogP contribution in [0.5, 0.6) is 0 Å². The zero-order valence-electron chi connectivity index (χ0n) is 13.9. The van der Waals surface area contributed by atoms with Crippen LogP contribution in [0, 0.1) is 24.7 Å². The van der Waals surface area contributed by atoms with E-state index in [1.807, 2.05) is 0 Å². The molecule has 2 atom stereocenters. The van der Waals surface area contributed by atoms with E-state index in [2.05, 4.69) is 31.2 Å². The molecule has 0 aromatic rings. The zero-order valence-corrected chi connectivity index (χ0v) is 17.1. The fourth-order valence-corrected chi connectivity index (χ4v) is 4.85. The molecule has 2 unspecified atom stereocenters. The maximum Gasteiger partial charge on any atom is 3.00 e. The summed E-state index contributed by atoms with van der Waals surface area (Å²) >= 11 is 0. The first kappa shape index (κ1) is 19.5. The van der Waals surface area contributed by atoms with Crippen molar-refractivity contribution in [3.63, 3.8) is 0 Å². The van der Waals surface area contributed by atoms with Crippen LogP contribution < -0.4 is 12.4 Å². The Hall–Kier alpha value is 0.133. The van der Waals surface area contributed by atoms with E-state index in [0.717, 1.165) is 6.42 Å². The quantitative estimate of drug-likeness (QED) is 0.634. The van der Waals surface area contributed by atoms with Crippen molar-refractivity contribution in [3.8, 4) is 0 Å². The van der Waals surface area contributed by atoms with Gasteiger partial charge < -0.3 is 31.7 Å². The largest absolute Gasteiger partial charge is 3.00 e. The van der Waals surface area contributed by atoms with Crippen LogP contribution in [0.15, 0.2) is 46.6 Å². The smallest absolute Gasteiger partial charge is 1.00 e. The first-order valence-corrected chi connectivity index (χ1v) is 8.83. The van der Waals surface area contributed by atoms with Gasteiger partial charge in [-0.3, -0.25) is 0 Å². The fraction of sp³-hybridized carbons (Fsp3) is 0.524. The molecule has 0 aromatic heterocycles. The van der Waals surface area contributed by atoms with Gasteiger partial charge in [-0.05, 0) is 51.4 Å². The van der Waals surface area contributed by atoms with Gasteiger partial charge >= 0.3 is 26.2 Å². The number of hydrogen-bond acceptors (Lipinski definition) is 0. The predicted molar refractivity (Wildman–Crippen MR) is 89.5 cm³/mol. The van der Waals surface area contributed by atoms with Crippen molar-refractivity contribution in [2.45, 2.75) is 57.8 Å². The molecule has 0 heterocycles. The molecule has 0 aromatic carbocycles. The third-order valence-electron chi connectivity index (χ3n) is 5.93. The minimum absolute atomic E-state index is 0. The van der Waals surface area contributed by atoms with Crippen LogP contribution in [-0.2, 0) is 26.2 Å². The van der Waals surface area contributed by atoms with E-state index >= 15 is 0 Å². The van der Waals surface area contributed by atoms with Gasteiger partial charge in [0.1, 0.15) is 0 Å². The Balaban J connectivity index is 0.000000960. The number of hydrogen-bond donors (Lipinski definition) is 0. The molecule has 0 spiro atoms. The Morgan fingerprint density at radius 3 is 1.70 bits per heavy atom. The third kappa shape index (κ3) is 3.57. The Labute approximate surface area is 167 Å². The molecule has 0 nitrogen and oxygen atoms in total. The standard InChI is InChI=1S/C21H26.ClH.Zr/c1-2-17(20-13-11-15-7-3-5-9-18(15)20)21-14-12-16-8-4-6-10-19(16)21;;/h11-14,20-21H,1-10H2;1H;/q-2;;+3/p-1. The minimum atomic E-state index is 0. The van der Waals surface area contributed by atoms with Crippen LogP contribution in [0.25, 0.3) is 0 Å². The third-order valence-corrected chi connectivity index (χ3v) is 5.93. The molecule has 2 heteroatoms. The van der Waals surface area contributed by atoms with Gasteiger partial charge in [-0.25, -0.2) is 0 Å². The van der Waals surface area contributed by atoms with Gasteiger partial charge in [0.25, 0.3) is 0 Å². The van der Waals surface area contributed by atoms with Gasteiger partial charge in [-0.1, -0.05) is 34.4 Å². The molecule has 0 N–H and O–H groups in total. The normalized spacial score (nSPS) is 28.6. The Morgan fingerprint density at radius 2 is 1.26 bits per heavy atom. The van der Waals surface area contributed by atoms with Gasteiger partial charge in [-0.15, -0.1) is 24.0 Å². The molecule has 0 bridgehead atoms. The Morgan fingerprint density at radius 1 is 0.826 bits per heavy atom. The van der Waals surface area contributed by atoms with Crippen molar-refractivity contribution >= 4 is 0 Å². The molecular formula is C21H26ClZr. The molecular weight excluding hydrogens is 379 g/mol. The van der Waals surface area contributed by atoms with Gasteiger partial charge in [0.2, 0.25) is 0 Å². The molecule has 0 amide bonds. The van der Waals surface area contributed by atoms with Gasteiger partial charge in [0.05, 0.1) is 0 Å². The first-order chi connectivity index (χ1) is 10.4. The summed E-state index contributed by atoms with van der Waals surface area (Å²) in [7, 11) is 0. The molecule has 0 aliphatic heterocycles. The molecule has 0 saturated heterocycles. The maximum atomic E-state index is 4.30. The van der Waals surface area contributed by atoms with E-state index in [4.69, 9.17) is 0 Å². The monoisotopic (exact) mass is 403 g/mol. The maximum absolute atomic E-state index is 4.30. The molecule has 0 saturated carbocycles. The van der Waals surface area contributed by atoms with E-state index in [1.165, 1.54) is 51.4 Å². The van der Waals surface area contributed by atoms with Crippen LogP contribution in [0.1, 0.15) is 57.8 Å². The molecule has 4 rings (SSSR count). The Bertz CT molecular complexity index is 504. The average Bonchev–Trinajstić information content (AvgIpc) is 3.14. The predicted octanol–water partition coefficient (Wildman–Crippen LogP) is 2.90. The topological polar surface area (TPSA) is 0 Å². The van der Waals surface area contributed by atoms with Crippen molar-refractivity contribution < 1.29 is 38.6 Å². The van der Waals surface area contributed by atoms with Crippen LogP contribution in [0.2, 0.25) is 0 Å². The van der Waals surface area contributed by atoms with Gasteiger partial charge in [0, 0.05) is 0 Å². The number of allylic oxidation sites excluding steroid dienone is 8. The van der Waals surface area contributed by atoms with Crippen molar-refractivity contribution in [2.75, 3.05) is 0 Å². The fourth-order valence-electron chi connectivity index (χ4n) is 4.85. The first-order valence-electron chi connectivity index (χ1n) is 8.83. The van der Waals surface area contributed by atoms with Crippen molar-refractivity contribution in [3.05, 3.63) is 59.4 Å². The molecule has 4 aliphatic carbocycles. The summed E-state index contributed by atoms with van der Waals surface area (Å²) in [5.74, 6) is 2.86. The summed E-state index contributed by atoms with van der Waals surface area (Å²) in [5.41, 5.74) is 6.77. The summed E-state index contributed by atoms with van der Waals surface area (Å²) in [6.45, 7) is 4.30. The van der Waals surface area contributed by atoms with E-state index < -0.39 is 0 Å². The zero-order chi connectivity index (χ0) is 14.2. The summed E-state index contributed by atoms with van der Waals surface area (Å²) in [6.07, 6.45) is 21.6. The van der Waals surface area contributed by atoms with E-state index in [1.54, 1.807) is 28.2 Å². The van der Waals surface area contributed by atoms with Crippen LogP contribution in [0.4, 0.5) is 0 Å². The summed E-state index contributed by atoms with van der Waals surface area (Å²) in [4.78, 5) is 0. The summed E-state index contributed by atoms with van der Waals surface area (Å²) in [6, 6.07) is 0. The second-order valence-electron chi connectivity index (χ2n) is 7.01. The molecule has 23 heavy (non-hydrogen) atoms. The number of halogens is 1. The number of rotatable bonds is 3. The molecule has 4 aliphatic rings. The van der Waals surface area contributed by atoms with Crippen LogP contribution in [0.3, 0.4) is 0 Å². The molecule has 121 valence electrons. The van der Waals surface area contributed by atoms with E-state index in [-0.39, 0.29) is 38.6 Å². The second-order valence-corrected chi connectivity index (χ2v) is 7.01. The van der Waals surface area contributed by atoms with E-state index in [9.17, 15) is 0 Å². The van der Waals surface area contributed by atoms with Crippen LogP contribution >= 0.6 is 0 Å². The van der Waals surface area contributed by atoms with Crippen LogP contribution in [-0.4, -0.2) is 0 Å². The van der Waals surface area contributed by atoms with Crippen molar-refractivity contribution in [1.82, 2.24) is 0 Å². The molecule has 1 radical (unpaired) electrons. The molecule has 0 fully saturated rings. The van der Waals surface area contributed by atoms with Gasteiger partial charge in [-0.2, -0.15) is 0 Å². The average molecular weight is 405 g/mol. The second kappa shape index (κ2) is 8.48. The SMILES string of the molecule is [CH2-]C[C-](C1C=CC2=C1CCCC2)C1C=CC2=C1CCCC2.[Cl-].[Zr+3]. The summed E-state index contributed by atoms with van der Waals surface area (Å²) in [5, 5.41) is 0. The van der Waals surface area contributed by atoms with Crippen molar-refractivity contribution in [2.24, 2.45) is 11.8 Å². The Kier molecular flexibility index (Phi) is 7.18. The minimum Gasteiger partial charge on any atom is -1.00 e. The van der Waals surface area contributed by atoms with Gasteiger partial charge in [0.15, 0.2) is 0 Å². The van der Waals surface area contributed by atoms with Crippen molar-refractivity contribution in [1.29, 1.82) is 0 Å². The van der Waals surface area contributed by atoms with E-state index in [0.29, 0.717) is 11.8 Å². The summed E-state index contributed by atoms with van der Waals surface area (Å²) < 4.78 is 0.